The molecule has 0 radical (unpaired) electrons. The van der Waals surface area contributed by atoms with E-state index in [4.69, 9.17) is 0 Å². The lowest BCUT2D eigenvalue weighted by molar-refractivity contribution is -0.130. The van der Waals surface area contributed by atoms with Gasteiger partial charge in [-0.2, -0.15) is 0 Å². The number of hydrogen-bond acceptors (Lipinski definition) is 7. The lowest BCUT2D eigenvalue weighted by atomic mass is 9.68. The molecular weight excluding hydrogens is 488 g/mol. The van der Waals surface area contributed by atoms with E-state index in [-0.39, 0.29) is 41.1 Å². The Morgan fingerprint density at radius 3 is 2.27 bits per heavy atom. The third-order valence-corrected chi connectivity index (χ3v) is 11.5. The Morgan fingerprint density at radius 1 is 1.05 bits per heavy atom. The summed E-state index contributed by atoms with van der Waals surface area (Å²) in [5, 5.41) is 14.5. The second-order valence-electron chi connectivity index (χ2n) is 12.2. The van der Waals surface area contributed by atoms with Crippen LogP contribution in [0.3, 0.4) is 0 Å². The van der Waals surface area contributed by atoms with Crippen molar-refractivity contribution in [2.75, 3.05) is 45.2 Å². The van der Waals surface area contributed by atoms with Gasteiger partial charge in [0.05, 0.1) is 18.1 Å². The van der Waals surface area contributed by atoms with E-state index in [1.807, 2.05) is 4.90 Å². The number of carbonyl (C=O) groups excluding carboxylic acids is 1. The molecule has 0 aromatic heterocycles. The molecule has 1 spiro atoms. The van der Waals surface area contributed by atoms with Gasteiger partial charge in [0.1, 0.15) is 9.84 Å². The van der Waals surface area contributed by atoms with Crippen molar-refractivity contribution in [3.63, 3.8) is 0 Å². The number of sulfone groups is 1. The smallest absolute Gasteiger partial charge is 0.234 e. The molecule has 1 atom stereocenters. The summed E-state index contributed by atoms with van der Waals surface area (Å²) in [6.45, 7) is 1.72. The molecule has 4 aliphatic rings. The molecule has 0 bridgehead atoms. The zero-order chi connectivity index (χ0) is 26.3. The standard InChI is InChI=1S/C28H44N4O4S/c1-30(2)28(23-9-4-3-5-10-23)15-13-27(14-16-28)21-31(26(34)32(27)19-22-7-6-8-22)20-25(33)29-24-11-17-37(35,36)18-12-24/h3-5,9-10,22,24,26,34H,6-8,11-21H2,1-2H3,(H,29,33)/t26?,27-,28+. The minimum atomic E-state index is -2.96. The molecule has 1 amide bonds. The van der Waals surface area contributed by atoms with Crippen LogP contribution in [0.4, 0.5) is 0 Å². The van der Waals surface area contributed by atoms with Gasteiger partial charge in [0, 0.05) is 30.2 Å². The fourth-order valence-electron chi connectivity index (χ4n) is 7.18. The van der Waals surface area contributed by atoms with E-state index < -0.39 is 16.2 Å². The first-order chi connectivity index (χ1) is 17.6. The number of amides is 1. The molecule has 1 aromatic carbocycles. The Kier molecular flexibility index (Phi) is 7.73. The first-order valence-corrected chi connectivity index (χ1v) is 15.9. The van der Waals surface area contributed by atoms with Crippen LogP contribution in [0.5, 0.6) is 0 Å². The maximum absolute atomic E-state index is 13.0. The second kappa shape index (κ2) is 10.6. The molecule has 2 saturated carbocycles. The van der Waals surface area contributed by atoms with E-state index in [0.717, 1.165) is 32.2 Å². The van der Waals surface area contributed by atoms with Crippen LogP contribution >= 0.6 is 0 Å². The van der Waals surface area contributed by atoms with Gasteiger partial charge in [-0.1, -0.05) is 36.8 Å². The van der Waals surface area contributed by atoms with E-state index in [0.29, 0.717) is 25.3 Å². The highest BCUT2D eigenvalue weighted by atomic mass is 32.2. The van der Waals surface area contributed by atoms with Crippen LogP contribution in [0.1, 0.15) is 63.4 Å². The van der Waals surface area contributed by atoms with Crippen LogP contribution in [0, 0.1) is 5.92 Å². The van der Waals surface area contributed by atoms with Gasteiger partial charge in [0.15, 0.2) is 6.35 Å². The Bertz CT molecular complexity index is 1040. The van der Waals surface area contributed by atoms with E-state index >= 15 is 0 Å². The van der Waals surface area contributed by atoms with Crippen molar-refractivity contribution in [2.24, 2.45) is 5.92 Å². The molecule has 5 rings (SSSR count). The number of hydrogen-bond donors (Lipinski definition) is 2. The highest BCUT2D eigenvalue weighted by Gasteiger charge is 2.55. The number of aliphatic hydroxyl groups excluding tert-OH is 1. The van der Waals surface area contributed by atoms with Crippen LogP contribution in [-0.2, 0) is 20.2 Å². The van der Waals surface area contributed by atoms with Gasteiger partial charge in [-0.15, -0.1) is 0 Å². The van der Waals surface area contributed by atoms with Crippen LogP contribution in [0.2, 0.25) is 0 Å². The van der Waals surface area contributed by atoms with Crippen molar-refractivity contribution >= 4 is 15.7 Å². The fourth-order valence-corrected chi connectivity index (χ4v) is 8.67. The molecule has 206 valence electrons. The number of aliphatic hydroxyl groups is 1. The van der Waals surface area contributed by atoms with Crippen molar-refractivity contribution in [1.82, 2.24) is 20.0 Å². The minimum Gasteiger partial charge on any atom is -0.365 e. The first-order valence-electron chi connectivity index (χ1n) is 14.0. The monoisotopic (exact) mass is 532 g/mol. The zero-order valence-electron chi connectivity index (χ0n) is 22.4. The van der Waals surface area contributed by atoms with Crippen molar-refractivity contribution in [1.29, 1.82) is 0 Å². The van der Waals surface area contributed by atoms with E-state index in [1.54, 1.807) is 0 Å². The Balaban J connectivity index is 1.29. The highest BCUT2D eigenvalue weighted by Crippen LogP contribution is 2.50. The summed E-state index contributed by atoms with van der Waals surface area (Å²) >= 11 is 0. The lowest BCUT2D eigenvalue weighted by Gasteiger charge is -2.52. The Morgan fingerprint density at radius 2 is 1.70 bits per heavy atom. The highest BCUT2D eigenvalue weighted by molar-refractivity contribution is 7.91. The first kappa shape index (κ1) is 27.1. The molecule has 8 nitrogen and oxygen atoms in total. The molecule has 2 aliphatic heterocycles. The molecule has 2 aliphatic carbocycles. The molecule has 2 saturated heterocycles. The van der Waals surface area contributed by atoms with Crippen molar-refractivity contribution in [2.45, 2.75) is 81.3 Å². The van der Waals surface area contributed by atoms with Crippen LogP contribution in [0.15, 0.2) is 30.3 Å². The quantitative estimate of drug-likeness (QED) is 0.556. The molecule has 4 fully saturated rings. The predicted molar refractivity (Wildman–Crippen MR) is 144 cm³/mol. The number of nitrogens with one attached hydrogen (secondary N) is 1. The van der Waals surface area contributed by atoms with Gasteiger partial charge >= 0.3 is 0 Å². The summed E-state index contributed by atoms with van der Waals surface area (Å²) in [4.78, 5) is 19.6. The summed E-state index contributed by atoms with van der Waals surface area (Å²) in [5.41, 5.74) is 1.19. The molecular formula is C28H44N4O4S. The minimum absolute atomic E-state index is 0.0221. The number of carbonyl (C=O) groups is 1. The average molecular weight is 533 g/mol. The summed E-state index contributed by atoms with van der Waals surface area (Å²) in [7, 11) is 1.38. The van der Waals surface area contributed by atoms with Crippen LogP contribution in [0.25, 0.3) is 0 Å². The largest absolute Gasteiger partial charge is 0.365 e. The van der Waals surface area contributed by atoms with E-state index in [2.05, 4.69) is 59.5 Å². The third kappa shape index (κ3) is 5.48. The van der Waals surface area contributed by atoms with Crippen molar-refractivity contribution < 1.29 is 18.3 Å². The summed E-state index contributed by atoms with van der Waals surface area (Å²) in [6.07, 6.45) is 7.85. The lowest BCUT2D eigenvalue weighted by Crippen LogP contribution is -2.57. The third-order valence-electron chi connectivity index (χ3n) is 9.83. The van der Waals surface area contributed by atoms with Gasteiger partial charge < -0.3 is 10.4 Å². The van der Waals surface area contributed by atoms with Crippen LogP contribution < -0.4 is 5.32 Å². The molecule has 1 unspecified atom stereocenters. The van der Waals surface area contributed by atoms with Gasteiger partial charge in [0.25, 0.3) is 0 Å². The zero-order valence-corrected chi connectivity index (χ0v) is 23.3. The van der Waals surface area contributed by atoms with Crippen LogP contribution in [-0.4, -0.2) is 97.3 Å². The maximum atomic E-state index is 13.0. The van der Waals surface area contributed by atoms with E-state index in [9.17, 15) is 18.3 Å². The fraction of sp³-hybridized carbons (Fsp3) is 0.750. The summed E-state index contributed by atoms with van der Waals surface area (Å²) in [6, 6.07) is 10.7. The number of nitrogens with zero attached hydrogens (tertiary/aromatic N) is 3. The molecule has 37 heavy (non-hydrogen) atoms. The summed E-state index contributed by atoms with van der Waals surface area (Å²) in [5.74, 6) is 0.778. The van der Waals surface area contributed by atoms with E-state index in [1.165, 1.54) is 24.8 Å². The van der Waals surface area contributed by atoms with Crippen molar-refractivity contribution in [3.8, 4) is 0 Å². The molecule has 1 aromatic rings. The Labute approximate surface area is 222 Å². The van der Waals surface area contributed by atoms with Gasteiger partial charge in [-0.25, -0.2) is 8.42 Å². The molecule has 2 N–H and O–H groups in total. The topological polar surface area (TPSA) is 93.2 Å². The number of rotatable bonds is 7. The normalized spacial score (nSPS) is 31.0. The average Bonchev–Trinajstić information content (AvgIpc) is 3.08. The van der Waals surface area contributed by atoms with Gasteiger partial charge in [0.2, 0.25) is 5.91 Å². The van der Waals surface area contributed by atoms with Gasteiger partial charge in [-0.3, -0.25) is 19.5 Å². The van der Waals surface area contributed by atoms with Gasteiger partial charge in [-0.05, 0) is 76.9 Å². The molecule has 2 heterocycles. The Hall–Kier alpha value is -1.52. The maximum Gasteiger partial charge on any atom is 0.234 e. The molecule has 9 heteroatoms. The summed E-state index contributed by atoms with van der Waals surface area (Å²) < 4.78 is 23.5. The predicted octanol–water partition coefficient (Wildman–Crippen LogP) is 2.14. The SMILES string of the molecule is CN(C)[C@]1(c2ccccc2)CC[C@]2(CC1)CN(CC(=O)NC1CCS(=O)(=O)CC1)C(O)N2CC1CCC1. The van der Waals surface area contributed by atoms with Crippen molar-refractivity contribution in [3.05, 3.63) is 35.9 Å². The second-order valence-corrected chi connectivity index (χ2v) is 14.5. The number of benzene rings is 1.